The van der Waals surface area contributed by atoms with Crippen molar-refractivity contribution in [1.82, 2.24) is 15.5 Å². The summed E-state index contributed by atoms with van der Waals surface area (Å²) >= 11 is 0. The molecular formula is C14H16N4O2. The summed E-state index contributed by atoms with van der Waals surface area (Å²) in [6, 6.07) is 5.31. The predicted molar refractivity (Wildman–Crippen MR) is 73.3 cm³/mol. The smallest absolute Gasteiger partial charge is 0.322 e. The molecule has 104 valence electrons. The lowest BCUT2D eigenvalue weighted by atomic mass is 9.92. The minimum absolute atomic E-state index is 0.0519. The number of amides is 2. The molecule has 2 aromatic heterocycles. The van der Waals surface area contributed by atoms with E-state index >= 15 is 0 Å². The largest absolute Gasteiger partial charge is 0.338 e. The molecule has 0 fully saturated rings. The lowest BCUT2D eigenvalue weighted by molar-refractivity contribution is 0.245. The van der Waals surface area contributed by atoms with Gasteiger partial charge in [-0.3, -0.25) is 10.3 Å². The average molecular weight is 272 g/mol. The number of carbonyl (C=O) groups is 1. The van der Waals surface area contributed by atoms with Crippen LogP contribution >= 0.6 is 0 Å². The van der Waals surface area contributed by atoms with Crippen LogP contribution in [0.4, 0.5) is 10.7 Å². The number of fused-ring (bicyclic) bond motifs is 1. The van der Waals surface area contributed by atoms with Crippen LogP contribution in [0.5, 0.6) is 0 Å². The Labute approximate surface area is 116 Å². The molecule has 2 heterocycles. The van der Waals surface area contributed by atoms with Crippen molar-refractivity contribution < 1.29 is 9.32 Å². The second-order valence-electron chi connectivity index (χ2n) is 4.92. The predicted octanol–water partition coefficient (Wildman–Crippen LogP) is 2.58. The van der Waals surface area contributed by atoms with Gasteiger partial charge in [0.25, 0.3) is 0 Å². The first-order chi connectivity index (χ1) is 9.72. The van der Waals surface area contributed by atoms with Gasteiger partial charge in [0.1, 0.15) is 0 Å². The maximum atomic E-state index is 12.0. The van der Waals surface area contributed by atoms with Crippen LogP contribution in [-0.2, 0) is 6.42 Å². The monoisotopic (exact) mass is 272 g/mol. The number of rotatable bonds is 2. The Kier molecular flexibility index (Phi) is 3.37. The van der Waals surface area contributed by atoms with Crippen molar-refractivity contribution in [2.75, 3.05) is 5.32 Å². The molecule has 0 radical (unpaired) electrons. The highest BCUT2D eigenvalue weighted by Crippen LogP contribution is 2.27. The van der Waals surface area contributed by atoms with Crippen LogP contribution < -0.4 is 10.6 Å². The minimum Gasteiger partial charge on any atom is -0.338 e. The third-order valence-corrected chi connectivity index (χ3v) is 3.37. The molecule has 3 rings (SSSR count). The van der Waals surface area contributed by atoms with E-state index in [4.69, 9.17) is 4.52 Å². The van der Waals surface area contributed by atoms with Crippen LogP contribution in [0, 0.1) is 6.92 Å². The minimum atomic E-state index is -0.301. The van der Waals surface area contributed by atoms with Gasteiger partial charge in [0.2, 0.25) is 5.88 Å². The van der Waals surface area contributed by atoms with Crippen LogP contribution in [-0.4, -0.2) is 16.2 Å². The van der Waals surface area contributed by atoms with Gasteiger partial charge in [0.15, 0.2) is 0 Å². The van der Waals surface area contributed by atoms with Crippen LogP contribution in [0.2, 0.25) is 0 Å². The molecule has 20 heavy (non-hydrogen) atoms. The van der Waals surface area contributed by atoms with Crippen LogP contribution in [0.3, 0.4) is 0 Å². The van der Waals surface area contributed by atoms with Gasteiger partial charge in [-0.05, 0) is 37.8 Å². The summed E-state index contributed by atoms with van der Waals surface area (Å²) in [4.78, 5) is 16.3. The first-order valence-electron chi connectivity index (χ1n) is 6.67. The molecule has 6 nitrogen and oxygen atoms in total. The van der Waals surface area contributed by atoms with Crippen molar-refractivity contribution >= 4 is 11.9 Å². The number of hydrogen-bond donors (Lipinski definition) is 2. The number of aryl methyl sites for hydroxylation is 2. The highest BCUT2D eigenvalue weighted by Gasteiger charge is 2.23. The second-order valence-corrected chi connectivity index (χ2v) is 4.92. The van der Waals surface area contributed by atoms with Gasteiger partial charge in [0, 0.05) is 12.3 Å². The fourth-order valence-electron chi connectivity index (χ4n) is 2.48. The van der Waals surface area contributed by atoms with Crippen molar-refractivity contribution in [3.63, 3.8) is 0 Å². The Hall–Kier alpha value is -2.37. The lowest BCUT2D eigenvalue weighted by Gasteiger charge is -2.24. The molecule has 1 aliphatic rings. The summed E-state index contributed by atoms with van der Waals surface area (Å²) in [5.74, 6) is 0.344. The van der Waals surface area contributed by atoms with E-state index in [2.05, 4.69) is 26.8 Å². The number of anilines is 1. The lowest BCUT2D eigenvalue weighted by Crippen LogP contribution is -2.34. The summed E-state index contributed by atoms with van der Waals surface area (Å²) in [6.07, 6.45) is 4.72. The molecule has 1 aliphatic carbocycles. The Morgan fingerprint density at radius 2 is 2.40 bits per heavy atom. The van der Waals surface area contributed by atoms with Crippen molar-refractivity contribution in [3.05, 3.63) is 41.3 Å². The number of nitrogens with one attached hydrogen (secondary N) is 2. The Morgan fingerprint density at radius 3 is 3.20 bits per heavy atom. The molecule has 0 saturated heterocycles. The molecule has 2 amide bonds. The summed E-state index contributed by atoms with van der Waals surface area (Å²) < 4.78 is 4.96. The van der Waals surface area contributed by atoms with Crippen LogP contribution in [0.15, 0.2) is 28.9 Å². The zero-order valence-electron chi connectivity index (χ0n) is 11.2. The molecule has 2 aromatic rings. The Bertz CT molecular complexity index is 623. The number of hydrogen-bond acceptors (Lipinski definition) is 4. The first-order valence-corrected chi connectivity index (χ1v) is 6.67. The van der Waals surface area contributed by atoms with Gasteiger partial charge in [-0.2, -0.15) is 0 Å². The van der Waals surface area contributed by atoms with E-state index in [1.807, 2.05) is 6.07 Å². The van der Waals surface area contributed by atoms with Crippen molar-refractivity contribution in [1.29, 1.82) is 0 Å². The van der Waals surface area contributed by atoms with Crippen LogP contribution in [0.1, 0.15) is 35.8 Å². The van der Waals surface area contributed by atoms with Crippen molar-refractivity contribution in [2.45, 2.75) is 32.2 Å². The van der Waals surface area contributed by atoms with Crippen LogP contribution in [0.25, 0.3) is 0 Å². The molecule has 0 bridgehead atoms. The number of nitrogens with zero attached hydrogens (tertiary/aromatic N) is 2. The molecule has 0 aromatic carbocycles. The fourth-order valence-corrected chi connectivity index (χ4v) is 2.48. The van der Waals surface area contributed by atoms with E-state index in [1.54, 1.807) is 19.2 Å². The van der Waals surface area contributed by atoms with E-state index in [1.165, 1.54) is 5.56 Å². The van der Waals surface area contributed by atoms with Crippen molar-refractivity contribution in [2.24, 2.45) is 0 Å². The first kappa shape index (κ1) is 12.7. The third kappa shape index (κ3) is 2.64. The van der Waals surface area contributed by atoms with E-state index in [-0.39, 0.29) is 12.1 Å². The number of pyridine rings is 1. The third-order valence-electron chi connectivity index (χ3n) is 3.37. The van der Waals surface area contributed by atoms with Gasteiger partial charge >= 0.3 is 6.03 Å². The number of carbonyl (C=O) groups excluding carboxylic acids is 1. The molecule has 0 unspecified atom stereocenters. The maximum Gasteiger partial charge on any atom is 0.322 e. The van der Waals surface area contributed by atoms with Gasteiger partial charge in [-0.25, -0.2) is 4.79 Å². The van der Waals surface area contributed by atoms with Gasteiger partial charge in [-0.1, -0.05) is 11.2 Å². The maximum absolute atomic E-state index is 12.0. The van der Waals surface area contributed by atoms with Crippen molar-refractivity contribution in [3.8, 4) is 0 Å². The molecule has 0 spiro atoms. The summed E-state index contributed by atoms with van der Waals surface area (Å²) in [5, 5.41) is 9.29. The second kappa shape index (κ2) is 5.32. The van der Waals surface area contributed by atoms with E-state index in [0.29, 0.717) is 5.88 Å². The Balaban J connectivity index is 1.68. The Morgan fingerprint density at radius 1 is 1.50 bits per heavy atom. The van der Waals surface area contributed by atoms with E-state index < -0.39 is 0 Å². The standard InChI is InChI=1S/C14H16N4O2/c1-9-8-12(20-18-9)17-14(19)16-11-6-2-4-10-5-3-7-15-13(10)11/h3,5,7-8,11H,2,4,6H2,1H3,(H2,16,17,19)/t11-/m1/s1. The summed E-state index contributed by atoms with van der Waals surface area (Å²) in [7, 11) is 0. The molecule has 0 saturated carbocycles. The quantitative estimate of drug-likeness (QED) is 0.880. The molecule has 1 atom stereocenters. The fraction of sp³-hybridized carbons (Fsp3) is 0.357. The molecule has 6 heteroatoms. The highest BCUT2D eigenvalue weighted by atomic mass is 16.5. The SMILES string of the molecule is Cc1cc(NC(=O)N[C@@H]2CCCc3cccnc32)on1. The average Bonchev–Trinajstić information content (AvgIpc) is 2.84. The van der Waals surface area contributed by atoms with E-state index in [9.17, 15) is 4.79 Å². The zero-order chi connectivity index (χ0) is 13.9. The van der Waals surface area contributed by atoms with E-state index in [0.717, 1.165) is 30.7 Å². The summed E-state index contributed by atoms with van der Waals surface area (Å²) in [6.45, 7) is 1.80. The number of aromatic nitrogens is 2. The topological polar surface area (TPSA) is 80.0 Å². The highest BCUT2D eigenvalue weighted by molar-refractivity contribution is 5.88. The molecular weight excluding hydrogens is 256 g/mol. The summed E-state index contributed by atoms with van der Waals surface area (Å²) in [5.41, 5.74) is 2.90. The van der Waals surface area contributed by atoms with Gasteiger partial charge < -0.3 is 9.84 Å². The van der Waals surface area contributed by atoms with Gasteiger partial charge in [0.05, 0.1) is 17.4 Å². The van der Waals surface area contributed by atoms with Gasteiger partial charge in [-0.15, -0.1) is 0 Å². The molecule has 2 N–H and O–H groups in total. The molecule has 0 aliphatic heterocycles. The zero-order valence-corrected chi connectivity index (χ0v) is 11.2. The number of urea groups is 1. The normalized spacial score (nSPS) is 17.4.